The number of aromatic amines is 1. The molecule has 20 heavy (non-hydrogen) atoms. The Morgan fingerprint density at radius 3 is 2.75 bits per heavy atom. The molecule has 9 nitrogen and oxygen atoms in total. The topological polar surface area (TPSA) is 134 Å². The molecule has 1 saturated heterocycles. The van der Waals surface area contributed by atoms with E-state index in [1.807, 2.05) is 4.98 Å². The van der Waals surface area contributed by atoms with Crippen LogP contribution in [-0.2, 0) is 9.53 Å². The Bertz CT molecular complexity index is 609. The average Bonchev–Trinajstić information content (AvgIpc) is 2.67. The number of hydrogen-bond acceptors (Lipinski definition) is 7. The number of rotatable bonds is 4. The van der Waals surface area contributed by atoms with Crippen LogP contribution >= 0.6 is 0 Å². The van der Waals surface area contributed by atoms with Crippen molar-refractivity contribution in [3.05, 3.63) is 33.1 Å². The molecule has 1 aliphatic rings. The fraction of sp³-hybridized carbons (Fsp3) is 0.545. The monoisotopic (exact) mass is 285 g/mol. The summed E-state index contributed by atoms with van der Waals surface area (Å²) in [5, 5.41) is 22.3. The van der Waals surface area contributed by atoms with Crippen molar-refractivity contribution in [2.75, 3.05) is 13.6 Å². The summed E-state index contributed by atoms with van der Waals surface area (Å²) in [5.41, 5.74) is -1.39. The highest BCUT2D eigenvalue weighted by Crippen LogP contribution is 2.28. The van der Waals surface area contributed by atoms with Crippen LogP contribution in [0, 0.1) is 0 Å². The molecule has 1 aliphatic heterocycles. The molecule has 4 N–H and O–H groups in total. The fourth-order valence-electron chi connectivity index (χ4n) is 2.06. The zero-order chi connectivity index (χ0) is 14.9. The van der Waals surface area contributed by atoms with Crippen LogP contribution in [0.1, 0.15) is 6.23 Å². The van der Waals surface area contributed by atoms with E-state index in [4.69, 9.17) is 4.74 Å². The minimum Gasteiger partial charge on any atom is -0.387 e. The predicted octanol–water partition coefficient (Wildman–Crippen LogP) is -3.06. The Hall–Kier alpha value is -1.81. The van der Waals surface area contributed by atoms with E-state index in [1.54, 1.807) is 7.05 Å². The molecule has 9 heteroatoms. The van der Waals surface area contributed by atoms with Crippen LogP contribution < -0.4 is 16.6 Å². The van der Waals surface area contributed by atoms with Gasteiger partial charge in [-0.25, -0.2) is 4.79 Å². The Balaban J connectivity index is 2.28. The van der Waals surface area contributed by atoms with E-state index in [9.17, 15) is 24.6 Å². The number of hydrogen-bond donors (Lipinski definition) is 4. The van der Waals surface area contributed by atoms with E-state index in [2.05, 4.69) is 5.32 Å². The Morgan fingerprint density at radius 2 is 2.15 bits per heavy atom. The zero-order valence-corrected chi connectivity index (χ0v) is 10.6. The minimum atomic E-state index is -1.45. The molecule has 2 heterocycles. The van der Waals surface area contributed by atoms with Gasteiger partial charge in [-0.1, -0.05) is 0 Å². The highest BCUT2D eigenvalue weighted by atomic mass is 16.6. The molecule has 0 unspecified atom stereocenters. The molecule has 0 saturated carbocycles. The maximum absolute atomic E-state index is 11.7. The van der Waals surface area contributed by atoms with Crippen molar-refractivity contribution in [3.63, 3.8) is 0 Å². The molecular weight excluding hydrogens is 270 g/mol. The van der Waals surface area contributed by atoms with Crippen molar-refractivity contribution in [1.29, 1.82) is 0 Å². The smallest absolute Gasteiger partial charge is 0.330 e. The van der Waals surface area contributed by atoms with Gasteiger partial charge in [-0.15, -0.1) is 0 Å². The highest BCUT2D eigenvalue weighted by Gasteiger charge is 2.47. The standard InChI is InChI=1S/C11H15N3O6/c1-12-4-5(15)9-7(17)8(18)10(20-9)14-3-2-6(16)13-11(14)19/h2-3,7-10,12,17-18H,4H2,1H3,(H,13,16,19)/t7-,8+,9+,10+/m0/s1. The summed E-state index contributed by atoms with van der Waals surface area (Å²) < 4.78 is 6.18. The van der Waals surface area contributed by atoms with Crippen LogP contribution in [0.5, 0.6) is 0 Å². The number of aromatic nitrogens is 2. The van der Waals surface area contributed by atoms with Crippen molar-refractivity contribution < 1.29 is 19.7 Å². The predicted molar refractivity (Wildman–Crippen MR) is 66.2 cm³/mol. The Morgan fingerprint density at radius 1 is 1.45 bits per heavy atom. The third-order valence-electron chi connectivity index (χ3n) is 3.03. The van der Waals surface area contributed by atoms with E-state index >= 15 is 0 Å². The van der Waals surface area contributed by atoms with Gasteiger partial charge in [0.2, 0.25) is 0 Å². The number of aliphatic hydroxyl groups excluding tert-OH is 2. The Kier molecular flexibility index (Phi) is 4.14. The molecule has 0 aromatic carbocycles. The summed E-state index contributed by atoms with van der Waals surface area (Å²) in [4.78, 5) is 36.3. The van der Waals surface area contributed by atoms with Gasteiger partial charge < -0.3 is 20.3 Å². The van der Waals surface area contributed by atoms with E-state index < -0.39 is 41.6 Å². The SMILES string of the molecule is CNCC(=O)[C@H]1O[C@@H](n2ccc(=O)[nH]c2=O)[C@H](O)[C@@H]1O. The summed E-state index contributed by atoms with van der Waals surface area (Å²) in [7, 11) is 1.56. The number of likely N-dealkylation sites (N-methyl/N-ethyl adjacent to an activating group) is 1. The zero-order valence-electron chi connectivity index (χ0n) is 10.6. The summed E-state index contributed by atoms with van der Waals surface area (Å²) in [5.74, 6) is -0.445. The lowest BCUT2D eigenvalue weighted by molar-refractivity contribution is -0.134. The maximum Gasteiger partial charge on any atom is 0.330 e. The Labute approximate surface area is 112 Å². The van der Waals surface area contributed by atoms with Gasteiger partial charge in [-0.3, -0.25) is 19.1 Å². The van der Waals surface area contributed by atoms with Gasteiger partial charge in [0, 0.05) is 12.3 Å². The van der Waals surface area contributed by atoms with E-state index in [1.165, 1.54) is 0 Å². The first kappa shape index (κ1) is 14.6. The van der Waals surface area contributed by atoms with Crippen molar-refractivity contribution in [3.8, 4) is 0 Å². The van der Waals surface area contributed by atoms with Crippen LogP contribution in [0.4, 0.5) is 0 Å². The number of carbonyl (C=O) groups is 1. The molecular formula is C11H15N3O6. The largest absolute Gasteiger partial charge is 0.387 e. The van der Waals surface area contributed by atoms with Gasteiger partial charge >= 0.3 is 5.69 Å². The summed E-state index contributed by atoms with van der Waals surface area (Å²) in [6.45, 7) is -0.0400. The van der Waals surface area contributed by atoms with Crippen molar-refractivity contribution in [2.24, 2.45) is 0 Å². The average molecular weight is 285 g/mol. The van der Waals surface area contributed by atoms with Crippen molar-refractivity contribution >= 4 is 5.78 Å². The number of Topliss-reactive ketones (excluding diaryl/α,β-unsaturated/α-hetero) is 1. The van der Waals surface area contributed by atoms with Crippen molar-refractivity contribution in [1.82, 2.24) is 14.9 Å². The normalized spacial score (nSPS) is 29.6. The number of H-pyrrole nitrogens is 1. The number of ketones is 1. The number of nitrogens with one attached hydrogen (secondary N) is 2. The third-order valence-corrected chi connectivity index (χ3v) is 3.03. The molecule has 4 atom stereocenters. The van der Waals surface area contributed by atoms with Crippen LogP contribution in [0.15, 0.2) is 21.9 Å². The van der Waals surface area contributed by atoms with Crippen LogP contribution in [0.25, 0.3) is 0 Å². The number of carbonyl (C=O) groups excluding carboxylic acids is 1. The number of ether oxygens (including phenoxy) is 1. The number of nitrogens with zero attached hydrogens (tertiary/aromatic N) is 1. The van der Waals surface area contributed by atoms with Gasteiger partial charge in [-0.05, 0) is 7.05 Å². The first-order valence-corrected chi connectivity index (χ1v) is 5.96. The molecule has 0 bridgehead atoms. The third kappa shape index (κ3) is 2.56. The second-order valence-electron chi connectivity index (χ2n) is 4.44. The molecule has 0 aliphatic carbocycles. The summed E-state index contributed by atoms with van der Waals surface area (Å²) in [6, 6.07) is 1.08. The minimum absolute atomic E-state index is 0.0400. The first-order chi connectivity index (χ1) is 9.45. The molecule has 110 valence electrons. The molecule has 0 amide bonds. The van der Waals surface area contributed by atoms with E-state index in [0.29, 0.717) is 0 Å². The quantitative estimate of drug-likeness (QED) is 0.461. The second kappa shape index (κ2) is 5.67. The molecule has 1 aromatic heterocycles. The van der Waals surface area contributed by atoms with Gasteiger partial charge in [-0.2, -0.15) is 0 Å². The second-order valence-corrected chi connectivity index (χ2v) is 4.44. The molecule has 0 spiro atoms. The molecule has 2 rings (SSSR count). The molecule has 1 fully saturated rings. The van der Waals surface area contributed by atoms with Gasteiger partial charge in [0.1, 0.15) is 18.3 Å². The van der Waals surface area contributed by atoms with Gasteiger partial charge in [0.05, 0.1) is 6.54 Å². The van der Waals surface area contributed by atoms with Crippen LogP contribution in [0.2, 0.25) is 0 Å². The van der Waals surface area contributed by atoms with E-state index in [0.717, 1.165) is 16.8 Å². The van der Waals surface area contributed by atoms with Crippen LogP contribution in [0.3, 0.4) is 0 Å². The summed E-state index contributed by atoms with van der Waals surface area (Å²) >= 11 is 0. The van der Waals surface area contributed by atoms with Gasteiger partial charge in [0.15, 0.2) is 12.0 Å². The molecule has 0 radical (unpaired) electrons. The lowest BCUT2D eigenvalue weighted by Gasteiger charge is -2.16. The van der Waals surface area contributed by atoms with Crippen molar-refractivity contribution in [2.45, 2.75) is 24.5 Å². The van der Waals surface area contributed by atoms with Gasteiger partial charge in [0.25, 0.3) is 5.56 Å². The lowest BCUT2D eigenvalue weighted by atomic mass is 10.1. The highest BCUT2D eigenvalue weighted by molar-refractivity contribution is 5.86. The molecule has 1 aromatic rings. The summed E-state index contributed by atoms with van der Waals surface area (Å²) in [6.07, 6.45) is -4.24. The lowest BCUT2D eigenvalue weighted by Crippen LogP contribution is -2.40. The van der Waals surface area contributed by atoms with E-state index in [-0.39, 0.29) is 6.54 Å². The maximum atomic E-state index is 11.7. The van der Waals surface area contributed by atoms with Crippen LogP contribution in [-0.4, -0.2) is 57.5 Å². The number of aliphatic hydroxyl groups is 2. The fourth-order valence-corrected chi connectivity index (χ4v) is 2.06. The first-order valence-electron chi connectivity index (χ1n) is 5.96.